The Kier molecular flexibility index (Phi) is 4.14. The van der Waals surface area contributed by atoms with Crippen LogP contribution in [0.25, 0.3) is 11.3 Å². The Bertz CT molecular complexity index is 905. The molecular formula is C16H18ClN7O. The van der Waals surface area contributed by atoms with Crippen molar-refractivity contribution in [2.24, 2.45) is 0 Å². The van der Waals surface area contributed by atoms with Crippen molar-refractivity contribution in [3.63, 3.8) is 0 Å². The molecule has 8 nitrogen and oxygen atoms in total. The van der Waals surface area contributed by atoms with E-state index in [1.165, 1.54) is 0 Å². The molecule has 3 heterocycles. The van der Waals surface area contributed by atoms with Gasteiger partial charge in [-0.1, -0.05) is 17.7 Å². The van der Waals surface area contributed by atoms with E-state index in [9.17, 15) is 0 Å². The fraction of sp³-hybridized carbons (Fsp3) is 0.375. The molecule has 0 amide bonds. The smallest absolute Gasteiger partial charge is 0.245 e. The van der Waals surface area contributed by atoms with Gasteiger partial charge in [0.05, 0.1) is 0 Å². The maximum Gasteiger partial charge on any atom is 0.245 e. The maximum absolute atomic E-state index is 6.23. The lowest BCUT2D eigenvalue weighted by Gasteiger charge is -2.33. The number of piperazine rings is 1. The van der Waals surface area contributed by atoms with Gasteiger partial charge in [0, 0.05) is 36.9 Å². The van der Waals surface area contributed by atoms with Crippen molar-refractivity contribution < 1.29 is 4.63 Å². The molecule has 2 aromatic heterocycles. The van der Waals surface area contributed by atoms with Crippen LogP contribution >= 0.6 is 11.6 Å². The molecule has 0 radical (unpaired) electrons. The third-order valence-electron chi connectivity index (χ3n) is 4.33. The molecule has 0 unspecified atom stereocenters. The highest BCUT2D eigenvalue weighted by atomic mass is 35.5. The summed E-state index contributed by atoms with van der Waals surface area (Å²) in [6, 6.07) is 5.79. The van der Waals surface area contributed by atoms with Gasteiger partial charge >= 0.3 is 0 Å². The quantitative estimate of drug-likeness (QED) is 0.763. The van der Waals surface area contributed by atoms with E-state index in [4.69, 9.17) is 16.2 Å². The molecule has 130 valence electrons. The molecule has 1 fully saturated rings. The van der Waals surface area contributed by atoms with Crippen LogP contribution in [0.1, 0.15) is 5.56 Å². The van der Waals surface area contributed by atoms with Gasteiger partial charge in [0.2, 0.25) is 11.3 Å². The van der Waals surface area contributed by atoms with Crippen molar-refractivity contribution >= 4 is 40.2 Å². The first-order valence-corrected chi connectivity index (χ1v) is 8.45. The molecule has 0 atom stereocenters. The summed E-state index contributed by atoms with van der Waals surface area (Å²) >= 11 is 6.23. The van der Waals surface area contributed by atoms with E-state index in [0.717, 1.165) is 43.2 Å². The highest BCUT2D eigenvalue weighted by Crippen LogP contribution is 2.29. The minimum Gasteiger partial charge on any atom is -0.351 e. The van der Waals surface area contributed by atoms with Crippen LogP contribution in [0.15, 0.2) is 22.8 Å². The number of fused-ring (bicyclic) bond motifs is 1. The molecule has 4 rings (SSSR count). The first-order chi connectivity index (χ1) is 12.1. The predicted molar refractivity (Wildman–Crippen MR) is 96.6 cm³/mol. The zero-order chi connectivity index (χ0) is 17.4. The molecule has 1 aromatic carbocycles. The lowest BCUT2D eigenvalue weighted by atomic mass is 10.2. The van der Waals surface area contributed by atoms with E-state index in [-0.39, 0.29) is 0 Å². The second-order valence-electron chi connectivity index (χ2n) is 6.19. The van der Waals surface area contributed by atoms with Crippen LogP contribution in [-0.4, -0.2) is 58.4 Å². The second kappa shape index (κ2) is 6.45. The van der Waals surface area contributed by atoms with Crippen LogP contribution in [0, 0.1) is 6.92 Å². The summed E-state index contributed by atoms with van der Waals surface area (Å²) in [4.78, 5) is 13.6. The topological polar surface area (TPSA) is 83.2 Å². The van der Waals surface area contributed by atoms with Crippen molar-refractivity contribution in [2.45, 2.75) is 6.92 Å². The lowest BCUT2D eigenvalue weighted by Crippen LogP contribution is -2.45. The zero-order valence-corrected chi connectivity index (χ0v) is 14.8. The summed E-state index contributed by atoms with van der Waals surface area (Å²) in [6.45, 7) is 5.63. The van der Waals surface area contributed by atoms with Crippen LogP contribution in [-0.2, 0) is 0 Å². The van der Waals surface area contributed by atoms with Gasteiger partial charge in [-0.15, -0.1) is 0 Å². The maximum atomic E-state index is 6.23. The molecule has 1 aliphatic rings. The van der Waals surface area contributed by atoms with Crippen molar-refractivity contribution in [1.29, 1.82) is 0 Å². The summed E-state index contributed by atoms with van der Waals surface area (Å²) in [6.07, 6.45) is 0. The Hall–Kier alpha value is -2.45. The first-order valence-electron chi connectivity index (χ1n) is 8.07. The van der Waals surface area contributed by atoms with Gasteiger partial charge in [-0.3, -0.25) is 0 Å². The summed E-state index contributed by atoms with van der Waals surface area (Å²) in [5.74, 6) is 1.36. The molecule has 25 heavy (non-hydrogen) atoms. The third-order valence-corrected chi connectivity index (χ3v) is 4.74. The largest absolute Gasteiger partial charge is 0.351 e. The van der Waals surface area contributed by atoms with Crippen molar-refractivity contribution in [3.05, 3.63) is 28.8 Å². The van der Waals surface area contributed by atoms with Crippen LogP contribution in [0.5, 0.6) is 0 Å². The summed E-state index contributed by atoms with van der Waals surface area (Å²) in [7, 11) is 2.11. The standard InChI is InChI=1S/C16H18ClN7O/c1-10-3-4-11(9-12(10)17)18-15-16(24-7-5-23(2)6-8-24)20-14-13(19-15)21-25-22-14/h3-4,9H,5-8H2,1-2H3,(H,18,19,21). The number of aryl methyl sites for hydroxylation is 1. The summed E-state index contributed by atoms with van der Waals surface area (Å²) in [5.41, 5.74) is 2.64. The van der Waals surface area contributed by atoms with Crippen molar-refractivity contribution in [3.8, 4) is 0 Å². The van der Waals surface area contributed by atoms with Crippen LogP contribution < -0.4 is 10.2 Å². The minimum atomic E-state index is 0.374. The first kappa shape index (κ1) is 16.0. The Balaban J connectivity index is 1.72. The average Bonchev–Trinajstić information content (AvgIpc) is 3.06. The lowest BCUT2D eigenvalue weighted by molar-refractivity contribution is 0.311. The van der Waals surface area contributed by atoms with Crippen LogP contribution in [0.2, 0.25) is 5.02 Å². The minimum absolute atomic E-state index is 0.374. The van der Waals surface area contributed by atoms with E-state index >= 15 is 0 Å². The number of aromatic nitrogens is 4. The molecule has 1 N–H and O–H groups in total. The van der Waals surface area contributed by atoms with Gasteiger partial charge in [-0.05, 0) is 42.0 Å². The number of likely N-dealkylation sites (N-methyl/N-ethyl adjacent to an activating group) is 1. The van der Waals surface area contributed by atoms with E-state index in [1.54, 1.807) is 0 Å². The molecule has 1 aliphatic heterocycles. The van der Waals surface area contributed by atoms with Crippen molar-refractivity contribution in [2.75, 3.05) is 43.4 Å². The SMILES string of the molecule is Cc1ccc(Nc2nc3nonc3nc2N2CCN(C)CC2)cc1Cl. The number of nitrogens with one attached hydrogen (secondary N) is 1. The number of hydrogen-bond acceptors (Lipinski definition) is 8. The number of benzene rings is 1. The normalized spacial score (nSPS) is 15.7. The Morgan fingerprint density at radius 1 is 1.08 bits per heavy atom. The zero-order valence-electron chi connectivity index (χ0n) is 14.0. The third kappa shape index (κ3) is 3.22. The fourth-order valence-corrected chi connectivity index (χ4v) is 2.94. The molecular weight excluding hydrogens is 342 g/mol. The second-order valence-corrected chi connectivity index (χ2v) is 6.59. The number of hydrogen-bond donors (Lipinski definition) is 1. The van der Waals surface area contributed by atoms with Gasteiger partial charge in [0.25, 0.3) is 0 Å². The fourth-order valence-electron chi connectivity index (χ4n) is 2.76. The number of nitrogens with zero attached hydrogens (tertiary/aromatic N) is 6. The number of rotatable bonds is 3. The average molecular weight is 360 g/mol. The van der Waals surface area contributed by atoms with E-state index < -0.39 is 0 Å². The molecule has 1 saturated heterocycles. The Labute approximate surface area is 149 Å². The summed E-state index contributed by atoms with van der Waals surface area (Å²) < 4.78 is 4.76. The van der Waals surface area contributed by atoms with Gasteiger partial charge in [-0.25, -0.2) is 14.6 Å². The molecule has 0 saturated carbocycles. The molecule has 0 spiro atoms. The molecule has 0 aliphatic carbocycles. The number of halogens is 1. The van der Waals surface area contributed by atoms with Crippen LogP contribution in [0.3, 0.4) is 0 Å². The van der Waals surface area contributed by atoms with Crippen molar-refractivity contribution in [1.82, 2.24) is 25.2 Å². The molecule has 0 bridgehead atoms. The van der Waals surface area contributed by atoms with E-state index in [0.29, 0.717) is 22.1 Å². The highest BCUT2D eigenvalue weighted by Gasteiger charge is 2.22. The Morgan fingerprint density at radius 3 is 2.52 bits per heavy atom. The van der Waals surface area contributed by atoms with E-state index in [2.05, 4.69) is 42.4 Å². The van der Waals surface area contributed by atoms with Gasteiger partial charge in [0.1, 0.15) is 0 Å². The highest BCUT2D eigenvalue weighted by molar-refractivity contribution is 6.31. The van der Waals surface area contributed by atoms with Gasteiger partial charge in [0.15, 0.2) is 11.6 Å². The Morgan fingerprint density at radius 2 is 1.80 bits per heavy atom. The predicted octanol–water partition coefficient (Wildman–Crippen LogP) is 2.47. The van der Waals surface area contributed by atoms with E-state index in [1.807, 2.05) is 25.1 Å². The monoisotopic (exact) mass is 359 g/mol. The summed E-state index contributed by atoms with van der Waals surface area (Å²) in [5, 5.41) is 11.6. The molecule has 9 heteroatoms. The van der Waals surface area contributed by atoms with Gasteiger partial charge in [-0.2, -0.15) is 0 Å². The van der Waals surface area contributed by atoms with Gasteiger partial charge < -0.3 is 15.1 Å². The van der Waals surface area contributed by atoms with Crippen LogP contribution in [0.4, 0.5) is 17.3 Å². The number of anilines is 3. The molecule has 3 aromatic rings.